The van der Waals surface area contributed by atoms with Crippen LogP contribution in [-0.4, -0.2) is 36.3 Å². The minimum absolute atomic E-state index is 0.126. The van der Waals surface area contributed by atoms with Gasteiger partial charge in [0.1, 0.15) is 0 Å². The standard InChI is InChI=1S/C28H29N3O2S/c1-2-31(20-22-12-7-4-8-13-22)17-9-16-29-27(32)23-14-15-25-24(19-23)30-28(33)26(34-25)18-21-10-5-3-6-11-21/h3-8,10-15,18-19H,2,9,16-17,20H2,1H3,(H,29,32)(H,30,33)/b26-18-. The smallest absolute Gasteiger partial charge is 0.262 e. The molecule has 0 aromatic heterocycles. The summed E-state index contributed by atoms with van der Waals surface area (Å²) in [6.45, 7) is 5.55. The summed E-state index contributed by atoms with van der Waals surface area (Å²) < 4.78 is 0. The Hall–Kier alpha value is -3.35. The topological polar surface area (TPSA) is 61.4 Å². The quantitative estimate of drug-likeness (QED) is 0.323. The van der Waals surface area contributed by atoms with Gasteiger partial charge in [-0.1, -0.05) is 79.3 Å². The molecule has 1 aliphatic rings. The first-order chi connectivity index (χ1) is 16.6. The molecule has 6 heteroatoms. The summed E-state index contributed by atoms with van der Waals surface area (Å²) in [5.74, 6) is -0.282. The summed E-state index contributed by atoms with van der Waals surface area (Å²) in [6.07, 6.45) is 2.75. The van der Waals surface area contributed by atoms with E-state index in [2.05, 4.69) is 46.7 Å². The van der Waals surface area contributed by atoms with E-state index in [0.29, 0.717) is 22.7 Å². The normalized spacial score (nSPS) is 14.1. The third-order valence-electron chi connectivity index (χ3n) is 5.66. The number of amides is 2. The largest absolute Gasteiger partial charge is 0.352 e. The van der Waals surface area contributed by atoms with Gasteiger partial charge in [0, 0.05) is 30.1 Å². The number of nitrogens with zero attached hydrogens (tertiary/aromatic N) is 1. The number of anilines is 1. The Balaban J connectivity index is 1.30. The van der Waals surface area contributed by atoms with Crippen LogP contribution in [0.3, 0.4) is 0 Å². The second-order valence-electron chi connectivity index (χ2n) is 8.15. The minimum atomic E-state index is -0.156. The molecule has 0 spiro atoms. The fourth-order valence-electron chi connectivity index (χ4n) is 3.80. The van der Waals surface area contributed by atoms with Gasteiger partial charge in [-0.2, -0.15) is 0 Å². The van der Waals surface area contributed by atoms with Gasteiger partial charge >= 0.3 is 0 Å². The van der Waals surface area contributed by atoms with Crippen LogP contribution in [0.15, 0.2) is 88.7 Å². The first kappa shape index (κ1) is 23.8. The van der Waals surface area contributed by atoms with Crippen molar-refractivity contribution in [3.8, 4) is 0 Å². The fraction of sp³-hybridized carbons (Fsp3) is 0.214. The summed E-state index contributed by atoms with van der Waals surface area (Å²) in [5, 5.41) is 5.93. The Kier molecular flexibility index (Phi) is 8.17. The molecule has 3 aromatic carbocycles. The number of hydrogen-bond acceptors (Lipinski definition) is 4. The van der Waals surface area contributed by atoms with E-state index in [0.717, 1.165) is 36.5 Å². The Labute approximate surface area is 205 Å². The maximum Gasteiger partial charge on any atom is 0.262 e. The number of benzene rings is 3. The molecule has 5 nitrogen and oxygen atoms in total. The van der Waals surface area contributed by atoms with Gasteiger partial charge in [0.15, 0.2) is 0 Å². The average molecular weight is 472 g/mol. The monoisotopic (exact) mass is 471 g/mol. The molecule has 3 aromatic rings. The number of fused-ring (bicyclic) bond motifs is 1. The van der Waals surface area contributed by atoms with Gasteiger partial charge in [0.05, 0.1) is 10.6 Å². The molecule has 1 heterocycles. The van der Waals surface area contributed by atoms with E-state index in [9.17, 15) is 9.59 Å². The summed E-state index contributed by atoms with van der Waals surface area (Å²) in [5.41, 5.74) is 3.49. The number of carbonyl (C=O) groups excluding carboxylic acids is 2. The molecular weight excluding hydrogens is 442 g/mol. The molecule has 0 aliphatic carbocycles. The van der Waals surface area contributed by atoms with Gasteiger partial charge < -0.3 is 10.6 Å². The van der Waals surface area contributed by atoms with E-state index < -0.39 is 0 Å². The maximum atomic E-state index is 12.7. The van der Waals surface area contributed by atoms with Crippen molar-refractivity contribution in [2.75, 3.05) is 25.0 Å². The zero-order valence-corrected chi connectivity index (χ0v) is 20.1. The summed E-state index contributed by atoms with van der Waals surface area (Å²) in [6, 6.07) is 25.6. The zero-order valence-electron chi connectivity index (χ0n) is 19.3. The summed E-state index contributed by atoms with van der Waals surface area (Å²) >= 11 is 1.42. The highest BCUT2D eigenvalue weighted by atomic mass is 32.2. The van der Waals surface area contributed by atoms with E-state index in [1.54, 1.807) is 6.07 Å². The predicted molar refractivity (Wildman–Crippen MR) is 140 cm³/mol. The van der Waals surface area contributed by atoms with Crippen molar-refractivity contribution in [3.63, 3.8) is 0 Å². The van der Waals surface area contributed by atoms with Crippen molar-refractivity contribution in [1.82, 2.24) is 10.2 Å². The molecule has 0 radical (unpaired) electrons. The third-order valence-corrected chi connectivity index (χ3v) is 6.76. The molecule has 1 aliphatic heterocycles. The van der Waals surface area contributed by atoms with Crippen LogP contribution in [-0.2, 0) is 11.3 Å². The molecule has 0 saturated carbocycles. The van der Waals surface area contributed by atoms with Gasteiger partial charge in [-0.25, -0.2) is 0 Å². The second kappa shape index (κ2) is 11.7. The number of hydrogen-bond donors (Lipinski definition) is 2. The number of rotatable bonds is 9. The number of nitrogens with one attached hydrogen (secondary N) is 2. The Morgan fingerprint density at radius 3 is 2.50 bits per heavy atom. The van der Waals surface area contributed by atoms with Gasteiger partial charge in [-0.3, -0.25) is 14.5 Å². The molecule has 0 fully saturated rings. The third kappa shape index (κ3) is 6.37. The molecule has 0 atom stereocenters. The maximum absolute atomic E-state index is 12.7. The van der Waals surface area contributed by atoms with Crippen LogP contribution in [0.1, 0.15) is 34.8 Å². The molecule has 2 N–H and O–H groups in total. The fourth-order valence-corrected chi connectivity index (χ4v) is 4.73. The second-order valence-corrected chi connectivity index (χ2v) is 9.23. The van der Waals surface area contributed by atoms with Crippen molar-refractivity contribution in [1.29, 1.82) is 0 Å². The number of thioether (sulfide) groups is 1. The van der Waals surface area contributed by atoms with Gasteiger partial charge in [-0.15, -0.1) is 0 Å². The first-order valence-electron chi connectivity index (χ1n) is 11.6. The van der Waals surface area contributed by atoms with Crippen molar-refractivity contribution < 1.29 is 9.59 Å². The Bertz CT molecular complexity index is 1160. The van der Waals surface area contributed by atoms with Crippen LogP contribution >= 0.6 is 11.8 Å². The molecule has 2 amide bonds. The molecular formula is C28H29N3O2S. The molecule has 174 valence electrons. The van der Waals surface area contributed by atoms with E-state index >= 15 is 0 Å². The first-order valence-corrected chi connectivity index (χ1v) is 12.4. The van der Waals surface area contributed by atoms with Crippen molar-refractivity contribution in [2.24, 2.45) is 0 Å². The van der Waals surface area contributed by atoms with E-state index in [1.807, 2.05) is 54.6 Å². The highest BCUT2D eigenvalue weighted by molar-refractivity contribution is 8.04. The molecule has 0 bridgehead atoms. The van der Waals surface area contributed by atoms with Crippen LogP contribution in [0.25, 0.3) is 6.08 Å². The lowest BCUT2D eigenvalue weighted by Gasteiger charge is -2.21. The average Bonchev–Trinajstić information content (AvgIpc) is 2.87. The van der Waals surface area contributed by atoms with Crippen LogP contribution in [0.2, 0.25) is 0 Å². The van der Waals surface area contributed by atoms with Crippen LogP contribution < -0.4 is 10.6 Å². The lowest BCUT2D eigenvalue weighted by Crippen LogP contribution is -2.30. The Morgan fingerprint density at radius 1 is 1.03 bits per heavy atom. The SMILES string of the molecule is CCN(CCCNC(=O)c1ccc2c(c1)NC(=O)/C(=C/c1ccccc1)S2)Cc1ccccc1. The highest BCUT2D eigenvalue weighted by Gasteiger charge is 2.22. The predicted octanol–water partition coefficient (Wildman–Crippen LogP) is 5.41. The molecule has 0 unspecified atom stereocenters. The lowest BCUT2D eigenvalue weighted by atomic mass is 10.1. The van der Waals surface area contributed by atoms with Crippen LogP contribution in [0.5, 0.6) is 0 Å². The highest BCUT2D eigenvalue weighted by Crippen LogP contribution is 2.39. The van der Waals surface area contributed by atoms with E-state index in [-0.39, 0.29) is 11.8 Å². The van der Waals surface area contributed by atoms with E-state index in [1.165, 1.54) is 17.3 Å². The van der Waals surface area contributed by atoms with Crippen LogP contribution in [0.4, 0.5) is 5.69 Å². The molecule has 4 rings (SSSR count). The van der Waals surface area contributed by atoms with E-state index in [4.69, 9.17) is 0 Å². The van der Waals surface area contributed by atoms with Gasteiger partial charge in [-0.05, 0) is 48.4 Å². The van der Waals surface area contributed by atoms with Crippen molar-refractivity contribution in [3.05, 3.63) is 100 Å². The zero-order chi connectivity index (χ0) is 23.8. The molecule has 0 saturated heterocycles. The van der Waals surface area contributed by atoms with Gasteiger partial charge in [0.2, 0.25) is 0 Å². The number of carbonyl (C=O) groups is 2. The van der Waals surface area contributed by atoms with Crippen LogP contribution in [0, 0.1) is 0 Å². The summed E-state index contributed by atoms with van der Waals surface area (Å²) in [7, 11) is 0. The minimum Gasteiger partial charge on any atom is -0.352 e. The Morgan fingerprint density at radius 2 is 1.76 bits per heavy atom. The van der Waals surface area contributed by atoms with Crippen molar-refractivity contribution >= 4 is 35.3 Å². The summed E-state index contributed by atoms with van der Waals surface area (Å²) in [4.78, 5) is 29.2. The van der Waals surface area contributed by atoms with Crippen molar-refractivity contribution in [2.45, 2.75) is 24.8 Å². The lowest BCUT2D eigenvalue weighted by molar-refractivity contribution is -0.112. The molecule has 34 heavy (non-hydrogen) atoms. The van der Waals surface area contributed by atoms with Gasteiger partial charge in [0.25, 0.3) is 11.8 Å².